The van der Waals surface area contributed by atoms with Crippen molar-refractivity contribution in [3.05, 3.63) is 36.5 Å². The molecule has 2 N–H and O–H groups in total. The highest BCUT2D eigenvalue weighted by molar-refractivity contribution is 5.99. The first-order valence-corrected chi connectivity index (χ1v) is 5.20. The van der Waals surface area contributed by atoms with Crippen LogP contribution in [0.15, 0.2) is 36.5 Å². The summed E-state index contributed by atoms with van der Waals surface area (Å²) in [5.74, 6) is 0. The summed E-state index contributed by atoms with van der Waals surface area (Å²) in [6.45, 7) is 2.48. The van der Waals surface area contributed by atoms with Crippen LogP contribution in [0.1, 0.15) is 6.92 Å². The fourth-order valence-corrected chi connectivity index (χ4v) is 1.53. The highest BCUT2D eigenvalue weighted by Crippen LogP contribution is 2.20. The van der Waals surface area contributed by atoms with Crippen LogP contribution in [0.3, 0.4) is 0 Å². The first-order chi connectivity index (χ1) is 7.81. The van der Waals surface area contributed by atoms with Crippen molar-refractivity contribution in [3.63, 3.8) is 0 Å². The Kier molecular flexibility index (Phi) is 3.00. The maximum Gasteiger partial charge on any atom is 0.319 e. The monoisotopic (exact) mass is 215 g/mol. The van der Waals surface area contributed by atoms with E-state index >= 15 is 0 Å². The van der Waals surface area contributed by atoms with Crippen molar-refractivity contribution < 1.29 is 4.79 Å². The second-order valence-corrected chi connectivity index (χ2v) is 3.37. The van der Waals surface area contributed by atoms with Gasteiger partial charge in [-0.05, 0) is 19.1 Å². The number of para-hydroxylation sites is 1. The molecule has 0 aliphatic heterocycles. The van der Waals surface area contributed by atoms with Gasteiger partial charge in [-0.1, -0.05) is 18.2 Å². The van der Waals surface area contributed by atoms with E-state index in [1.807, 2.05) is 37.3 Å². The van der Waals surface area contributed by atoms with E-state index in [0.717, 1.165) is 16.6 Å². The van der Waals surface area contributed by atoms with E-state index in [9.17, 15) is 4.79 Å². The molecule has 4 nitrogen and oxygen atoms in total. The third-order valence-corrected chi connectivity index (χ3v) is 2.22. The molecule has 0 spiro atoms. The number of anilines is 1. The van der Waals surface area contributed by atoms with E-state index in [2.05, 4.69) is 15.6 Å². The largest absolute Gasteiger partial charge is 0.338 e. The lowest BCUT2D eigenvalue weighted by Crippen LogP contribution is -2.28. The number of aromatic nitrogens is 1. The Morgan fingerprint density at radius 3 is 2.94 bits per heavy atom. The van der Waals surface area contributed by atoms with Crippen LogP contribution in [0.2, 0.25) is 0 Å². The molecule has 0 saturated heterocycles. The molecule has 1 heterocycles. The molecule has 0 atom stereocenters. The molecule has 1 aromatic carbocycles. The molecule has 2 amide bonds. The SMILES string of the molecule is CCNC(=O)Nc1cccc2cccnc12. The summed E-state index contributed by atoms with van der Waals surface area (Å²) in [4.78, 5) is 15.7. The average molecular weight is 215 g/mol. The van der Waals surface area contributed by atoms with Crippen molar-refractivity contribution in [2.75, 3.05) is 11.9 Å². The van der Waals surface area contributed by atoms with Crippen LogP contribution in [0.4, 0.5) is 10.5 Å². The summed E-state index contributed by atoms with van der Waals surface area (Å²) in [6.07, 6.45) is 1.71. The van der Waals surface area contributed by atoms with Crippen LogP contribution in [0, 0.1) is 0 Å². The van der Waals surface area contributed by atoms with Gasteiger partial charge in [-0.25, -0.2) is 4.79 Å². The molecule has 0 aliphatic rings. The molecule has 0 saturated carbocycles. The van der Waals surface area contributed by atoms with Gasteiger partial charge < -0.3 is 10.6 Å². The van der Waals surface area contributed by atoms with Crippen molar-refractivity contribution in [2.24, 2.45) is 0 Å². The van der Waals surface area contributed by atoms with Gasteiger partial charge in [0.25, 0.3) is 0 Å². The van der Waals surface area contributed by atoms with E-state index in [0.29, 0.717) is 6.54 Å². The standard InChI is InChI=1S/C12H13N3O/c1-2-13-12(16)15-10-7-3-5-9-6-4-8-14-11(9)10/h3-8H,2H2,1H3,(H2,13,15,16). The molecule has 16 heavy (non-hydrogen) atoms. The molecular weight excluding hydrogens is 202 g/mol. The first-order valence-electron chi connectivity index (χ1n) is 5.20. The fraction of sp³-hybridized carbons (Fsp3) is 0.167. The number of pyridine rings is 1. The Morgan fingerprint density at radius 1 is 1.31 bits per heavy atom. The molecule has 1 aromatic heterocycles. The minimum Gasteiger partial charge on any atom is -0.338 e. The zero-order chi connectivity index (χ0) is 11.4. The van der Waals surface area contributed by atoms with Crippen LogP contribution in [-0.2, 0) is 0 Å². The lowest BCUT2D eigenvalue weighted by molar-refractivity contribution is 0.252. The number of benzene rings is 1. The highest BCUT2D eigenvalue weighted by atomic mass is 16.2. The van der Waals surface area contributed by atoms with Crippen molar-refractivity contribution in [2.45, 2.75) is 6.92 Å². The maximum absolute atomic E-state index is 11.4. The summed E-state index contributed by atoms with van der Waals surface area (Å²) in [7, 11) is 0. The molecule has 0 radical (unpaired) electrons. The predicted molar refractivity (Wildman–Crippen MR) is 64.4 cm³/mol. The Hall–Kier alpha value is -2.10. The Bertz CT molecular complexity index is 505. The van der Waals surface area contributed by atoms with E-state index < -0.39 is 0 Å². The van der Waals surface area contributed by atoms with Gasteiger partial charge in [-0.2, -0.15) is 0 Å². The second kappa shape index (κ2) is 4.61. The molecular formula is C12H13N3O. The fourth-order valence-electron chi connectivity index (χ4n) is 1.53. The quantitative estimate of drug-likeness (QED) is 0.808. The van der Waals surface area contributed by atoms with Crippen molar-refractivity contribution >= 4 is 22.6 Å². The molecule has 0 aliphatic carbocycles. The summed E-state index contributed by atoms with van der Waals surface area (Å²) in [6, 6.07) is 9.32. The maximum atomic E-state index is 11.4. The lowest BCUT2D eigenvalue weighted by Gasteiger charge is -2.07. The van der Waals surface area contributed by atoms with Crippen LogP contribution < -0.4 is 10.6 Å². The van der Waals surface area contributed by atoms with Gasteiger partial charge in [0.15, 0.2) is 0 Å². The van der Waals surface area contributed by atoms with Gasteiger partial charge in [0.1, 0.15) is 0 Å². The normalized spacial score (nSPS) is 10.1. The van der Waals surface area contributed by atoms with E-state index in [-0.39, 0.29) is 6.03 Å². The zero-order valence-corrected chi connectivity index (χ0v) is 9.03. The lowest BCUT2D eigenvalue weighted by atomic mass is 10.2. The van der Waals surface area contributed by atoms with E-state index in [4.69, 9.17) is 0 Å². The van der Waals surface area contributed by atoms with Crippen LogP contribution in [0.5, 0.6) is 0 Å². The number of hydrogen-bond donors (Lipinski definition) is 2. The number of hydrogen-bond acceptors (Lipinski definition) is 2. The van der Waals surface area contributed by atoms with Crippen molar-refractivity contribution in [1.82, 2.24) is 10.3 Å². The predicted octanol–water partition coefficient (Wildman–Crippen LogP) is 2.38. The summed E-state index contributed by atoms with van der Waals surface area (Å²) in [5, 5.41) is 6.47. The van der Waals surface area contributed by atoms with Crippen LogP contribution >= 0.6 is 0 Å². The minimum absolute atomic E-state index is 0.208. The number of carbonyl (C=O) groups excluding carboxylic acids is 1. The molecule has 0 fully saturated rings. The van der Waals surface area contributed by atoms with Crippen molar-refractivity contribution in [1.29, 1.82) is 0 Å². The average Bonchev–Trinajstić information content (AvgIpc) is 2.30. The Balaban J connectivity index is 2.33. The number of fused-ring (bicyclic) bond motifs is 1. The van der Waals surface area contributed by atoms with E-state index in [1.165, 1.54) is 0 Å². The van der Waals surface area contributed by atoms with Crippen molar-refractivity contribution in [3.8, 4) is 0 Å². The van der Waals surface area contributed by atoms with E-state index in [1.54, 1.807) is 6.20 Å². The third kappa shape index (κ3) is 2.11. The number of nitrogens with zero attached hydrogens (tertiary/aromatic N) is 1. The topological polar surface area (TPSA) is 54.0 Å². The molecule has 0 bridgehead atoms. The summed E-state index contributed by atoms with van der Waals surface area (Å²) < 4.78 is 0. The Morgan fingerprint density at radius 2 is 2.12 bits per heavy atom. The number of urea groups is 1. The van der Waals surface area contributed by atoms with Gasteiger partial charge >= 0.3 is 6.03 Å². The number of rotatable bonds is 2. The number of carbonyl (C=O) groups is 1. The molecule has 2 rings (SSSR count). The molecule has 2 aromatic rings. The van der Waals surface area contributed by atoms with Gasteiger partial charge in [-0.15, -0.1) is 0 Å². The zero-order valence-electron chi connectivity index (χ0n) is 9.03. The smallest absolute Gasteiger partial charge is 0.319 e. The molecule has 4 heteroatoms. The van der Waals surface area contributed by atoms with Crippen LogP contribution in [0.25, 0.3) is 10.9 Å². The number of nitrogens with one attached hydrogen (secondary N) is 2. The number of amides is 2. The third-order valence-electron chi connectivity index (χ3n) is 2.22. The van der Waals surface area contributed by atoms with Gasteiger partial charge in [0.05, 0.1) is 11.2 Å². The molecule has 0 unspecified atom stereocenters. The van der Waals surface area contributed by atoms with Crippen LogP contribution in [-0.4, -0.2) is 17.6 Å². The summed E-state index contributed by atoms with van der Waals surface area (Å²) in [5.41, 5.74) is 1.53. The first kappa shape index (κ1) is 10.4. The Labute approximate surface area is 93.7 Å². The van der Waals surface area contributed by atoms with Gasteiger partial charge in [-0.3, -0.25) is 4.98 Å². The summed E-state index contributed by atoms with van der Waals surface area (Å²) >= 11 is 0. The molecule has 82 valence electrons. The minimum atomic E-state index is -0.208. The second-order valence-electron chi connectivity index (χ2n) is 3.37. The van der Waals surface area contributed by atoms with Gasteiger partial charge in [0.2, 0.25) is 0 Å². The van der Waals surface area contributed by atoms with Gasteiger partial charge in [0, 0.05) is 18.1 Å². The highest BCUT2D eigenvalue weighted by Gasteiger charge is 2.04.